The zero-order chi connectivity index (χ0) is 16.5. The highest BCUT2D eigenvalue weighted by molar-refractivity contribution is 9.10. The quantitative estimate of drug-likeness (QED) is 0.601. The van der Waals surface area contributed by atoms with E-state index >= 15 is 0 Å². The molecule has 0 spiro atoms. The number of fused-ring (bicyclic) bond motifs is 1. The average molecular weight is 384 g/mol. The summed E-state index contributed by atoms with van der Waals surface area (Å²) in [6.07, 6.45) is -0.514. The summed E-state index contributed by atoms with van der Waals surface area (Å²) in [6, 6.07) is 22.6. The number of hydrogen-bond acceptors (Lipinski definition) is 2. The number of anilines is 1. The highest BCUT2D eigenvalue weighted by Gasteiger charge is 2.29. The molecule has 0 saturated heterocycles. The molecule has 0 aromatic heterocycles. The fourth-order valence-electron chi connectivity index (χ4n) is 2.95. The van der Waals surface area contributed by atoms with Crippen molar-refractivity contribution in [2.75, 3.05) is 5.32 Å². The number of ether oxygens (including phenoxy) is 1. The predicted molar refractivity (Wildman–Crippen MR) is 96.3 cm³/mol. The summed E-state index contributed by atoms with van der Waals surface area (Å²) in [6.45, 7) is 0. The van der Waals surface area contributed by atoms with Gasteiger partial charge in [-0.1, -0.05) is 58.4 Å². The van der Waals surface area contributed by atoms with Gasteiger partial charge in [-0.25, -0.2) is 4.39 Å². The van der Waals surface area contributed by atoms with Crippen LogP contribution in [0.3, 0.4) is 0 Å². The van der Waals surface area contributed by atoms with Gasteiger partial charge in [-0.05, 0) is 35.9 Å². The van der Waals surface area contributed by atoms with Crippen LogP contribution in [0.25, 0.3) is 0 Å². The second kappa shape index (κ2) is 6.38. The number of hydrogen-bond donors (Lipinski definition) is 1. The van der Waals surface area contributed by atoms with Crippen molar-refractivity contribution in [2.24, 2.45) is 0 Å². The molecular weight excluding hydrogens is 369 g/mol. The summed E-state index contributed by atoms with van der Waals surface area (Å²) >= 11 is 3.53. The molecule has 0 bridgehead atoms. The van der Waals surface area contributed by atoms with Crippen LogP contribution in [0.15, 0.2) is 77.3 Å². The molecule has 1 aliphatic heterocycles. The maximum absolute atomic E-state index is 13.2. The van der Waals surface area contributed by atoms with Crippen LogP contribution in [0.5, 0.6) is 0 Å². The predicted octanol–water partition coefficient (Wildman–Crippen LogP) is 5.82. The third kappa shape index (κ3) is 2.95. The van der Waals surface area contributed by atoms with E-state index in [1.165, 1.54) is 12.1 Å². The monoisotopic (exact) mass is 383 g/mol. The van der Waals surface area contributed by atoms with Gasteiger partial charge >= 0.3 is 0 Å². The first-order valence-electron chi connectivity index (χ1n) is 7.72. The minimum atomic E-state index is -0.329. The summed E-state index contributed by atoms with van der Waals surface area (Å²) in [4.78, 5) is 0. The second-order valence-corrected chi connectivity index (χ2v) is 6.65. The van der Waals surface area contributed by atoms with Crippen LogP contribution in [0, 0.1) is 5.82 Å². The van der Waals surface area contributed by atoms with E-state index in [0.29, 0.717) is 0 Å². The van der Waals surface area contributed by atoms with Crippen molar-refractivity contribution in [3.05, 3.63) is 99.8 Å². The molecule has 4 rings (SSSR count). The first-order valence-corrected chi connectivity index (χ1v) is 8.52. The van der Waals surface area contributed by atoms with Gasteiger partial charge in [0.15, 0.2) is 6.23 Å². The van der Waals surface area contributed by atoms with E-state index in [2.05, 4.69) is 39.4 Å². The van der Waals surface area contributed by atoms with E-state index < -0.39 is 0 Å². The smallest absolute Gasteiger partial charge is 0.155 e. The Morgan fingerprint density at radius 1 is 0.875 bits per heavy atom. The SMILES string of the molecule is Fc1ccc([C@H]2Nc3ccc(Br)cc3[C@H](c3ccccc3)O2)cc1. The standard InChI is InChI=1S/C20H15BrFNO/c21-15-8-11-18-17(12-15)19(13-4-2-1-3-5-13)24-20(23-18)14-6-9-16(22)10-7-14/h1-12,19-20,23H/t19-,20-/m0/s1. The fourth-order valence-corrected chi connectivity index (χ4v) is 3.33. The first kappa shape index (κ1) is 15.4. The summed E-state index contributed by atoms with van der Waals surface area (Å²) in [7, 11) is 0. The van der Waals surface area contributed by atoms with Crippen LogP contribution in [-0.4, -0.2) is 0 Å². The molecule has 0 saturated carbocycles. The number of halogens is 2. The van der Waals surface area contributed by atoms with Gasteiger partial charge in [0, 0.05) is 21.3 Å². The number of rotatable bonds is 2. The molecule has 2 atom stereocenters. The van der Waals surface area contributed by atoms with Crippen molar-refractivity contribution >= 4 is 21.6 Å². The van der Waals surface area contributed by atoms with E-state index in [0.717, 1.165) is 26.9 Å². The van der Waals surface area contributed by atoms with Gasteiger partial charge in [-0.2, -0.15) is 0 Å². The van der Waals surface area contributed by atoms with E-state index in [9.17, 15) is 4.39 Å². The Morgan fingerprint density at radius 3 is 2.38 bits per heavy atom. The van der Waals surface area contributed by atoms with Crippen molar-refractivity contribution < 1.29 is 9.13 Å². The second-order valence-electron chi connectivity index (χ2n) is 5.73. The molecule has 0 unspecified atom stereocenters. The first-order chi connectivity index (χ1) is 11.7. The Labute approximate surface area is 148 Å². The Bertz CT molecular complexity index is 851. The van der Waals surface area contributed by atoms with Crippen molar-refractivity contribution in [3.8, 4) is 0 Å². The number of benzene rings is 3. The fraction of sp³-hybridized carbons (Fsp3) is 0.100. The molecule has 2 nitrogen and oxygen atoms in total. The van der Waals surface area contributed by atoms with E-state index in [4.69, 9.17) is 4.74 Å². The minimum Gasteiger partial charge on any atom is -0.356 e. The largest absolute Gasteiger partial charge is 0.356 e. The normalized spacial score (nSPS) is 19.4. The van der Waals surface area contributed by atoms with Gasteiger partial charge in [-0.3, -0.25) is 0 Å². The molecular formula is C20H15BrFNO. The Balaban J connectivity index is 1.77. The van der Waals surface area contributed by atoms with Crippen molar-refractivity contribution in [1.82, 2.24) is 0 Å². The number of nitrogens with one attached hydrogen (secondary N) is 1. The lowest BCUT2D eigenvalue weighted by Gasteiger charge is -2.34. The van der Waals surface area contributed by atoms with Crippen LogP contribution in [0.4, 0.5) is 10.1 Å². The van der Waals surface area contributed by atoms with E-state index in [1.807, 2.05) is 30.3 Å². The van der Waals surface area contributed by atoms with Crippen LogP contribution < -0.4 is 5.32 Å². The van der Waals surface area contributed by atoms with Gasteiger partial charge in [0.2, 0.25) is 0 Å². The third-order valence-corrected chi connectivity index (χ3v) is 4.62. The zero-order valence-corrected chi connectivity index (χ0v) is 14.3. The molecule has 0 fully saturated rings. The van der Waals surface area contributed by atoms with Gasteiger partial charge in [0.05, 0.1) is 0 Å². The van der Waals surface area contributed by atoms with Crippen molar-refractivity contribution in [2.45, 2.75) is 12.3 Å². The van der Waals surface area contributed by atoms with Crippen molar-refractivity contribution in [1.29, 1.82) is 0 Å². The molecule has 24 heavy (non-hydrogen) atoms. The lowest BCUT2D eigenvalue weighted by molar-refractivity contribution is 0.0157. The third-order valence-electron chi connectivity index (χ3n) is 4.13. The highest BCUT2D eigenvalue weighted by Crippen LogP contribution is 2.42. The topological polar surface area (TPSA) is 21.3 Å². The van der Waals surface area contributed by atoms with Crippen LogP contribution >= 0.6 is 15.9 Å². The summed E-state index contributed by atoms with van der Waals surface area (Å²) in [5.41, 5.74) is 4.08. The van der Waals surface area contributed by atoms with E-state index in [1.54, 1.807) is 12.1 Å². The summed E-state index contributed by atoms with van der Waals surface area (Å²) in [5.74, 6) is -0.251. The Morgan fingerprint density at radius 2 is 1.62 bits per heavy atom. The molecule has 3 aromatic rings. The van der Waals surface area contributed by atoms with Gasteiger partial charge in [-0.15, -0.1) is 0 Å². The summed E-state index contributed by atoms with van der Waals surface area (Å²) < 4.78 is 20.5. The Hall–Kier alpha value is -2.17. The van der Waals surface area contributed by atoms with E-state index in [-0.39, 0.29) is 18.1 Å². The average Bonchev–Trinajstić information content (AvgIpc) is 2.62. The molecule has 0 amide bonds. The maximum atomic E-state index is 13.2. The lowest BCUT2D eigenvalue weighted by Crippen LogP contribution is -2.25. The van der Waals surface area contributed by atoms with Gasteiger partial charge in [0.25, 0.3) is 0 Å². The molecule has 3 aromatic carbocycles. The van der Waals surface area contributed by atoms with Crippen LogP contribution in [-0.2, 0) is 4.74 Å². The minimum absolute atomic E-state index is 0.185. The highest BCUT2D eigenvalue weighted by atomic mass is 79.9. The molecule has 4 heteroatoms. The van der Waals surface area contributed by atoms with Gasteiger partial charge < -0.3 is 10.1 Å². The molecule has 120 valence electrons. The van der Waals surface area contributed by atoms with Gasteiger partial charge in [0.1, 0.15) is 11.9 Å². The van der Waals surface area contributed by atoms with Crippen LogP contribution in [0.2, 0.25) is 0 Å². The lowest BCUT2D eigenvalue weighted by atomic mass is 9.97. The van der Waals surface area contributed by atoms with Crippen molar-refractivity contribution in [3.63, 3.8) is 0 Å². The Kier molecular flexibility index (Phi) is 4.08. The molecule has 1 N–H and O–H groups in total. The molecule has 0 radical (unpaired) electrons. The molecule has 1 aliphatic rings. The maximum Gasteiger partial charge on any atom is 0.155 e. The van der Waals surface area contributed by atoms with Crippen LogP contribution in [0.1, 0.15) is 29.0 Å². The zero-order valence-electron chi connectivity index (χ0n) is 12.7. The molecule has 1 heterocycles. The summed E-state index contributed by atoms with van der Waals surface area (Å²) in [5, 5.41) is 3.39. The molecule has 0 aliphatic carbocycles.